The summed E-state index contributed by atoms with van der Waals surface area (Å²) in [5.74, 6) is -0.982. The molecule has 1 fully saturated rings. The highest BCUT2D eigenvalue weighted by Crippen LogP contribution is 2.28. The fourth-order valence-corrected chi connectivity index (χ4v) is 3.83. The van der Waals surface area contributed by atoms with E-state index in [1.807, 2.05) is 6.07 Å². The van der Waals surface area contributed by atoms with E-state index >= 15 is 0 Å². The van der Waals surface area contributed by atoms with Gasteiger partial charge in [0.1, 0.15) is 6.04 Å². The molecule has 2 aliphatic heterocycles. The van der Waals surface area contributed by atoms with Gasteiger partial charge in [0.25, 0.3) is 5.91 Å². The Morgan fingerprint density at radius 1 is 1.17 bits per heavy atom. The van der Waals surface area contributed by atoms with Gasteiger partial charge in [-0.05, 0) is 35.7 Å². The minimum absolute atomic E-state index is 0.215. The number of carbonyl (C=O) groups excluding carboxylic acids is 4. The lowest BCUT2D eigenvalue weighted by Gasteiger charge is -2.29. The van der Waals surface area contributed by atoms with Crippen LogP contribution in [0.4, 0.5) is 10.5 Å². The number of fused-ring (bicyclic) bond motifs is 1. The molecule has 0 bridgehead atoms. The third kappa shape index (κ3) is 3.99. The van der Waals surface area contributed by atoms with Crippen LogP contribution in [0.5, 0.6) is 0 Å². The summed E-state index contributed by atoms with van der Waals surface area (Å²) in [7, 11) is 0. The van der Waals surface area contributed by atoms with E-state index < -0.39 is 18.0 Å². The van der Waals surface area contributed by atoms with Crippen molar-refractivity contribution in [3.63, 3.8) is 0 Å². The van der Waals surface area contributed by atoms with Gasteiger partial charge in [0, 0.05) is 25.1 Å². The largest absolute Gasteiger partial charge is 0.334 e. The molecule has 2 heterocycles. The van der Waals surface area contributed by atoms with E-state index in [-0.39, 0.29) is 24.8 Å². The SMILES string of the molecule is O=C1CCC(N2Cc3cc(CNC(=O)Nc4ccccc4Cl)ccc3C2=O)C(=O)N1. The summed E-state index contributed by atoms with van der Waals surface area (Å²) in [6.07, 6.45) is 0.535. The van der Waals surface area contributed by atoms with Crippen LogP contribution in [0.2, 0.25) is 5.02 Å². The number of anilines is 1. The number of nitrogens with one attached hydrogen (secondary N) is 3. The molecule has 2 aromatic rings. The maximum Gasteiger partial charge on any atom is 0.319 e. The van der Waals surface area contributed by atoms with Crippen LogP contribution in [0.1, 0.15) is 34.3 Å². The maximum absolute atomic E-state index is 12.7. The van der Waals surface area contributed by atoms with Crippen molar-refractivity contribution < 1.29 is 19.2 Å². The van der Waals surface area contributed by atoms with E-state index in [9.17, 15) is 19.2 Å². The number of nitrogens with zero attached hydrogens (tertiary/aromatic N) is 1. The van der Waals surface area contributed by atoms with Gasteiger partial charge in [0.05, 0.1) is 10.7 Å². The van der Waals surface area contributed by atoms with Gasteiger partial charge in [0.2, 0.25) is 11.8 Å². The Morgan fingerprint density at radius 2 is 1.97 bits per heavy atom. The van der Waals surface area contributed by atoms with Crippen LogP contribution in [0.15, 0.2) is 42.5 Å². The Bertz CT molecular complexity index is 1060. The van der Waals surface area contributed by atoms with Crippen molar-refractivity contribution in [3.8, 4) is 0 Å². The number of urea groups is 1. The molecule has 5 amide bonds. The molecule has 1 atom stereocenters. The maximum atomic E-state index is 12.7. The minimum atomic E-state index is -0.648. The van der Waals surface area contributed by atoms with E-state index in [0.29, 0.717) is 29.2 Å². The van der Waals surface area contributed by atoms with E-state index in [1.54, 1.807) is 36.4 Å². The number of para-hydroxylation sites is 1. The summed E-state index contributed by atoms with van der Waals surface area (Å²) in [4.78, 5) is 49.8. The summed E-state index contributed by atoms with van der Waals surface area (Å²) < 4.78 is 0. The number of piperidine rings is 1. The van der Waals surface area contributed by atoms with E-state index in [2.05, 4.69) is 16.0 Å². The predicted octanol–water partition coefficient (Wildman–Crippen LogP) is 2.42. The fraction of sp³-hybridized carbons (Fsp3) is 0.238. The average molecular weight is 427 g/mol. The predicted molar refractivity (Wildman–Crippen MR) is 110 cm³/mol. The smallest absolute Gasteiger partial charge is 0.319 e. The number of halogens is 1. The number of amides is 5. The molecule has 0 spiro atoms. The third-order valence-electron chi connectivity index (χ3n) is 5.16. The van der Waals surface area contributed by atoms with Crippen molar-refractivity contribution in [2.24, 2.45) is 0 Å². The first-order valence-electron chi connectivity index (χ1n) is 9.48. The van der Waals surface area contributed by atoms with Crippen LogP contribution >= 0.6 is 11.6 Å². The molecule has 2 aromatic carbocycles. The lowest BCUT2D eigenvalue weighted by Crippen LogP contribution is -2.52. The molecule has 4 rings (SSSR count). The van der Waals surface area contributed by atoms with Crippen LogP contribution in [-0.4, -0.2) is 34.7 Å². The number of imide groups is 1. The second-order valence-electron chi connectivity index (χ2n) is 7.18. The summed E-state index contributed by atoms with van der Waals surface area (Å²) in [6.45, 7) is 0.552. The summed E-state index contributed by atoms with van der Waals surface area (Å²) in [6, 6.07) is 11.2. The highest BCUT2D eigenvalue weighted by atomic mass is 35.5. The van der Waals surface area contributed by atoms with Crippen LogP contribution in [-0.2, 0) is 22.7 Å². The third-order valence-corrected chi connectivity index (χ3v) is 5.49. The second kappa shape index (κ2) is 8.16. The summed E-state index contributed by atoms with van der Waals surface area (Å²) in [5, 5.41) is 8.16. The van der Waals surface area contributed by atoms with Gasteiger partial charge < -0.3 is 15.5 Å². The Kier molecular flexibility index (Phi) is 5.41. The van der Waals surface area contributed by atoms with Gasteiger partial charge in [-0.2, -0.15) is 0 Å². The van der Waals surface area contributed by atoms with Crippen LogP contribution in [0, 0.1) is 0 Å². The quantitative estimate of drug-likeness (QED) is 0.652. The van der Waals surface area contributed by atoms with Crippen molar-refractivity contribution >= 4 is 41.0 Å². The number of benzene rings is 2. The molecule has 1 saturated heterocycles. The first kappa shape index (κ1) is 19.9. The standard InChI is InChI=1S/C21H19ClN4O4/c22-15-3-1-2-4-16(15)24-21(30)23-10-12-5-6-14-13(9-12)11-26(20(14)29)17-7-8-18(27)25-19(17)28/h1-6,9,17H,7-8,10-11H2,(H2,23,24,30)(H,25,27,28). The molecular formula is C21H19ClN4O4. The van der Waals surface area contributed by atoms with Gasteiger partial charge in [-0.15, -0.1) is 0 Å². The number of hydrogen-bond acceptors (Lipinski definition) is 4. The second-order valence-corrected chi connectivity index (χ2v) is 7.59. The molecule has 1 unspecified atom stereocenters. The highest BCUT2D eigenvalue weighted by molar-refractivity contribution is 6.33. The summed E-state index contributed by atoms with van der Waals surface area (Å²) >= 11 is 6.03. The van der Waals surface area contributed by atoms with Gasteiger partial charge in [-0.1, -0.05) is 35.9 Å². The Hall–Kier alpha value is -3.39. The van der Waals surface area contributed by atoms with Gasteiger partial charge in [0.15, 0.2) is 0 Å². The highest BCUT2D eigenvalue weighted by Gasteiger charge is 2.39. The Labute approximate surface area is 177 Å². The lowest BCUT2D eigenvalue weighted by atomic mass is 10.0. The van der Waals surface area contributed by atoms with Gasteiger partial charge in [-0.3, -0.25) is 19.7 Å². The molecule has 0 aromatic heterocycles. The normalized spacial score (nSPS) is 18.1. The number of carbonyl (C=O) groups is 4. The van der Waals surface area contributed by atoms with Crippen molar-refractivity contribution in [1.29, 1.82) is 0 Å². The van der Waals surface area contributed by atoms with E-state index in [1.165, 1.54) is 4.90 Å². The molecule has 0 radical (unpaired) electrons. The number of rotatable bonds is 4. The molecule has 8 nitrogen and oxygen atoms in total. The minimum Gasteiger partial charge on any atom is -0.334 e. The van der Waals surface area contributed by atoms with Gasteiger partial charge in [-0.25, -0.2) is 4.79 Å². The molecule has 2 aliphatic rings. The molecule has 154 valence electrons. The van der Waals surface area contributed by atoms with Crippen molar-refractivity contribution in [1.82, 2.24) is 15.5 Å². The zero-order chi connectivity index (χ0) is 21.3. The lowest BCUT2D eigenvalue weighted by molar-refractivity contribution is -0.136. The fourth-order valence-electron chi connectivity index (χ4n) is 3.65. The first-order valence-corrected chi connectivity index (χ1v) is 9.86. The molecule has 30 heavy (non-hydrogen) atoms. The zero-order valence-electron chi connectivity index (χ0n) is 15.9. The van der Waals surface area contributed by atoms with Crippen molar-refractivity contribution in [3.05, 3.63) is 64.2 Å². The van der Waals surface area contributed by atoms with E-state index in [4.69, 9.17) is 11.6 Å². The Morgan fingerprint density at radius 3 is 2.73 bits per heavy atom. The first-order chi connectivity index (χ1) is 14.4. The summed E-state index contributed by atoms with van der Waals surface area (Å²) in [5.41, 5.74) is 2.65. The van der Waals surface area contributed by atoms with E-state index in [0.717, 1.165) is 11.1 Å². The molecule has 0 saturated carbocycles. The average Bonchev–Trinajstić information content (AvgIpc) is 3.04. The monoisotopic (exact) mass is 426 g/mol. The van der Waals surface area contributed by atoms with Crippen LogP contribution in [0.3, 0.4) is 0 Å². The molecular weight excluding hydrogens is 408 g/mol. The van der Waals surface area contributed by atoms with Crippen LogP contribution < -0.4 is 16.0 Å². The van der Waals surface area contributed by atoms with Gasteiger partial charge >= 0.3 is 6.03 Å². The van der Waals surface area contributed by atoms with Crippen molar-refractivity contribution in [2.45, 2.75) is 32.0 Å². The Balaban J connectivity index is 1.39. The molecule has 9 heteroatoms. The zero-order valence-corrected chi connectivity index (χ0v) is 16.7. The number of hydrogen-bond donors (Lipinski definition) is 3. The molecule has 0 aliphatic carbocycles. The van der Waals surface area contributed by atoms with Crippen LogP contribution in [0.25, 0.3) is 0 Å². The van der Waals surface area contributed by atoms with Crippen molar-refractivity contribution in [2.75, 3.05) is 5.32 Å². The topological polar surface area (TPSA) is 108 Å². The molecule has 3 N–H and O–H groups in total.